The van der Waals surface area contributed by atoms with E-state index < -0.39 is 5.60 Å². The van der Waals surface area contributed by atoms with Crippen molar-refractivity contribution in [3.05, 3.63) is 53.6 Å². The average molecular weight is 564 g/mol. The highest BCUT2D eigenvalue weighted by atomic mass is 16.6. The molecule has 220 valence electrons. The Morgan fingerprint density at radius 3 is 2.24 bits per heavy atom. The smallest absolute Gasteiger partial charge is 0.410 e. The van der Waals surface area contributed by atoms with Crippen molar-refractivity contribution in [1.82, 2.24) is 9.80 Å². The van der Waals surface area contributed by atoms with Gasteiger partial charge in [-0.1, -0.05) is 18.2 Å². The molecule has 2 aromatic carbocycles. The zero-order chi connectivity index (χ0) is 29.1. The van der Waals surface area contributed by atoms with Crippen LogP contribution in [0.4, 0.5) is 10.5 Å². The summed E-state index contributed by atoms with van der Waals surface area (Å²) in [7, 11) is 1.56. The van der Waals surface area contributed by atoms with Crippen molar-refractivity contribution in [2.45, 2.75) is 77.0 Å². The van der Waals surface area contributed by atoms with Crippen LogP contribution in [0.2, 0.25) is 0 Å². The number of benzene rings is 2. The summed E-state index contributed by atoms with van der Waals surface area (Å²) in [6.07, 6.45) is 3.84. The quantitative estimate of drug-likeness (QED) is 0.506. The molecule has 0 spiro atoms. The van der Waals surface area contributed by atoms with E-state index in [1.807, 2.05) is 54.8 Å². The highest BCUT2D eigenvalue weighted by Crippen LogP contribution is 2.34. The fourth-order valence-electron chi connectivity index (χ4n) is 5.95. The molecule has 2 fully saturated rings. The third-order valence-electron chi connectivity index (χ3n) is 8.04. The lowest BCUT2D eigenvalue weighted by atomic mass is 9.95. The first-order chi connectivity index (χ1) is 19.6. The molecule has 0 aromatic heterocycles. The highest BCUT2D eigenvalue weighted by Gasteiger charge is 2.34. The number of fused-ring (bicyclic) bond motifs is 1. The highest BCUT2D eigenvalue weighted by molar-refractivity contribution is 5.98. The van der Waals surface area contributed by atoms with E-state index in [2.05, 4.69) is 6.07 Å². The summed E-state index contributed by atoms with van der Waals surface area (Å²) in [4.78, 5) is 44.2. The van der Waals surface area contributed by atoms with E-state index in [0.29, 0.717) is 62.5 Å². The number of methoxy groups -OCH3 is 1. The minimum atomic E-state index is -0.519. The normalized spacial score (nSPS) is 18.6. The van der Waals surface area contributed by atoms with Gasteiger partial charge in [-0.25, -0.2) is 4.79 Å². The Morgan fingerprint density at radius 1 is 0.878 bits per heavy atom. The Bertz CT molecular complexity index is 1270. The van der Waals surface area contributed by atoms with Crippen LogP contribution in [-0.2, 0) is 16.0 Å². The number of anilines is 1. The fraction of sp³-hybridized carbons (Fsp3) is 0.531. The molecular weight excluding hydrogens is 522 g/mol. The van der Waals surface area contributed by atoms with Gasteiger partial charge in [-0.3, -0.25) is 9.59 Å². The van der Waals surface area contributed by atoms with Gasteiger partial charge in [0.25, 0.3) is 5.91 Å². The van der Waals surface area contributed by atoms with Crippen molar-refractivity contribution in [3.8, 4) is 11.5 Å². The molecule has 0 atom stereocenters. The molecule has 0 aliphatic carbocycles. The topological polar surface area (TPSA) is 88.6 Å². The van der Waals surface area contributed by atoms with Gasteiger partial charge in [-0.05, 0) is 63.8 Å². The first-order valence-corrected chi connectivity index (χ1v) is 14.6. The number of carbonyl (C=O) groups excluding carboxylic acids is 3. The van der Waals surface area contributed by atoms with Gasteiger partial charge >= 0.3 is 6.09 Å². The molecule has 9 heteroatoms. The molecule has 2 aromatic rings. The molecule has 3 aliphatic rings. The van der Waals surface area contributed by atoms with E-state index in [-0.39, 0.29) is 30.1 Å². The van der Waals surface area contributed by atoms with Crippen molar-refractivity contribution in [2.75, 3.05) is 38.2 Å². The summed E-state index contributed by atoms with van der Waals surface area (Å²) < 4.78 is 17.3. The Balaban J connectivity index is 1.17. The second kappa shape index (κ2) is 12.0. The largest absolute Gasteiger partial charge is 0.496 e. The molecule has 0 bridgehead atoms. The Labute approximate surface area is 242 Å². The second-order valence-corrected chi connectivity index (χ2v) is 12.1. The molecule has 9 nitrogen and oxygen atoms in total. The van der Waals surface area contributed by atoms with Gasteiger partial charge in [0, 0.05) is 63.2 Å². The SMILES string of the molecule is COc1cc(OC2CCN(C(=O)OC(C)(C)C)CC2)ccc1C(=O)N1CCC(N2C(=O)CCc3ccccc32)CC1. The van der Waals surface area contributed by atoms with Crippen molar-refractivity contribution < 1.29 is 28.6 Å². The monoisotopic (exact) mass is 563 g/mol. The van der Waals surface area contributed by atoms with Gasteiger partial charge in [0.15, 0.2) is 0 Å². The number of para-hydroxylation sites is 1. The van der Waals surface area contributed by atoms with E-state index in [1.165, 1.54) is 5.56 Å². The van der Waals surface area contributed by atoms with Gasteiger partial charge in [0.2, 0.25) is 5.91 Å². The van der Waals surface area contributed by atoms with Crippen LogP contribution in [0.1, 0.15) is 68.8 Å². The van der Waals surface area contributed by atoms with E-state index in [1.54, 1.807) is 24.1 Å². The van der Waals surface area contributed by atoms with Crippen molar-refractivity contribution >= 4 is 23.6 Å². The zero-order valence-corrected chi connectivity index (χ0v) is 24.6. The lowest BCUT2D eigenvalue weighted by molar-refractivity contribution is -0.119. The zero-order valence-electron chi connectivity index (χ0n) is 24.6. The number of hydrogen-bond acceptors (Lipinski definition) is 6. The maximum Gasteiger partial charge on any atom is 0.410 e. The summed E-state index contributed by atoms with van der Waals surface area (Å²) >= 11 is 0. The Kier molecular flexibility index (Phi) is 8.42. The van der Waals surface area contributed by atoms with Crippen molar-refractivity contribution in [3.63, 3.8) is 0 Å². The van der Waals surface area contributed by atoms with Crippen molar-refractivity contribution in [1.29, 1.82) is 0 Å². The summed E-state index contributed by atoms with van der Waals surface area (Å²) in [5.74, 6) is 1.19. The van der Waals surface area contributed by atoms with Crippen LogP contribution in [0.3, 0.4) is 0 Å². The molecule has 0 radical (unpaired) electrons. The number of likely N-dealkylation sites (tertiary alicyclic amines) is 2. The van der Waals surface area contributed by atoms with E-state index >= 15 is 0 Å². The van der Waals surface area contributed by atoms with Crippen LogP contribution in [-0.4, -0.2) is 78.7 Å². The number of nitrogens with zero attached hydrogens (tertiary/aromatic N) is 3. The molecule has 3 amide bonds. The standard InChI is InChI=1S/C32H41N3O6/c1-32(2,3)41-31(38)34-19-15-24(16-20-34)40-25-10-11-26(28(21-25)39-4)30(37)33-17-13-23(14-18-33)35-27-8-6-5-7-22(27)9-12-29(35)36/h5-8,10-11,21,23-24H,9,12-20H2,1-4H3. The van der Waals surface area contributed by atoms with Gasteiger partial charge in [0.05, 0.1) is 12.7 Å². The lowest BCUT2D eigenvalue weighted by Crippen LogP contribution is -2.50. The second-order valence-electron chi connectivity index (χ2n) is 12.1. The minimum absolute atomic E-state index is 0.0402. The van der Waals surface area contributed by atoms with Crippen LogP contribution in [0.5, 0.6) is 11.5 Å². The number of ether oxygens (including phenoxy) is 3. The van der Waals surface area contributed by atoms with E-state index in [4.69, 9.17) is 14.2 Å². The number of piperidine rings is 2. The first-order valence-electron chi connectivity index (χ1n) is 14.6. The summed E-state index contributed by atoms with van der Waals surface area (Å²) in [5, 5.41) is 0. The molecule has 3 heterocycles. The first kappa shape index (κ1) is 28.8. The van der Waals surface area contributed by atoms with Crippen LogP contribution in [0, 0.1) is 0 Å². The van der Waals surface area contributed by atoms with Gasteiger partial charge in [-0.2, -0.15) is 0 Å². The minimum Gasteiger partial charge on any atom is -0.496 e. The predicted octanol–water partition coefficient (Wildman–Crippen LogP) is 5.06. The third kappa shape index (κ3) is 6.60. The fourth-order valence-corrected chi connectivity index (χ4v) is 5.95. The average Bonchev–Trinajstić information content (AvgIpc) is 2.96. The van der Waals surface area contributed by atoms with Crippen LogP contribution in [0.15, 0.2) is 42.5 Å². The number of aryl methyl sites for hydroxylation is 1. The van der Waals surface area contributed by atoms with Gasteiger partial charge in [0.1, 0.15) is 23.2 Å². The molecule has 0 saturated carbocycles. The van der Waals surface area contributed by atoms with Gasteiger partial charge in [-0.15, -0.1) is 0 Å². The molecule has 5 rings (SSSR count). The molecule has 2 saturated heterocycles. The molecule has 0 N–H and O–H groups in total. The van der Waals surface area contributed by atoms with Crippen LogP contribution < -0.4 is 14.4 Å². The van der Waals surface area contributed by atoms with Crippen LogP contribution in [0.25, 0.3) is 0 Å². The molecular formula is C32H41N3O6. The lowest BCUT2D eigenvalue weighted by Gasteiger charge is -2.41. The Morgan fingerprint density at radius 2 is 1.56 bits per heavy atom. The van der Waals surface area contributed by atoms with Crippen LogP contribution >= 0.6 is 0 Å². The number of hydrogen-bond donors (Lipinski definition) is 0. The number of amides is 3. The third-order valence-corrected chi connectivity index (χ3v) is 8.04. The van der Waals surface area contributed by atoms with E-state index in [0.717, 1.165) is 24.9 Å². The Hall–Kier alpha value is -3.75. The molecule has 3 aliphatic heterocycles. The molecule has 41 heavy (non-hydrogen) atoms. The summed E-state index contributed by atoms with van der Waals surface area (Å²) in [6.45, 7) is 7.88. The molecule has 0 unspecified atom stereocenters. The maximum absolute atomic E-state index is 13.5. The van der Waals surface area contributed by atoms with Gasteiger partial charge < -0.3 is 28.9 Å². The summed E-state index contributed by atoms with van der Waals surface area (Å²) in [6, 6.07) is 13.6. The maximum atomic E-state index is 13.5. The summed E-state index contributed by atoms with van der Waals surface area (Å²) in [5.41, 5.74) is 2.21. The number of rotatable bonds is 5. The van der Waals surface area contributed by atoms with E-state index in [9.17, 15) is 14.4 Å². The predicted molar refractivity (Wildman–Crippen MR) is 156 cm³/mol. The number of carbonyl (C=O) groups is 3. The van der Waals surface area contributed by atoms with Crippen molar-refractivity contribution in [2.24, 2.45) is 0 Å².